The molecule has 0 amide bonds. The fourth-order valence-electron chi connectivity index (χ4n) is 1.06. The van der Waals surface area contributed by atoms with Crippen LogP contribution in [0.5, 0.6) is 0 Å². The van der Waals surface area contributed by atoms with Gasteiger partial charge in [-0.25, -0.2) is 9.78 Å². The Morgan fingerprint density at radius 2 is 2.36 bits per heavy atom. The van der Waals surface area contributed by atoms with Crippen LogP contribution < -0.4 is 11.1 Å². The lowest BCUT2D eigenvalue weighted by Crippen LogP contribution is -2.27. The molecule has 0 saturated carbocycles. The molecule has 0 bridgehead atoms. The van der Waals surface area contributed by atoms with Gasteiger partial charge in [0.1, 0.15) is 17.7 Å². The van der Waals surface area contributed by atoms with Gasteiger partial charge in [0.05, 0.1) is 7.11 Å². The summed E-state index contributed by atoms with van der Waals surface area (Å²) in [5.74, 6) is 1.23. The summed E-state index contributed by atoms with van der Waals surface area (Å²) >= 11 is 0. The van der Waals surface area contributed by atoms with Crippen molar-refractivity contribution in [1.29, 1.82) is 0 Å². The van der Waals surface area contributed by atoms with Gasteiger partial charge in [0.25, 0.3) is 0 Å². The van der Waals surface area contributed by atoms with Crippen LogP contribution in [0.2, 0.25) is 0 Å². The van der Waals surface area contributed by atoms with Crippen LogP contribution in [0.4, 0.5) is 11.6 Å². The molecule has 1 rings (SSSR count). The summed E-state index contributed by atoms with van der Waals surface area (Å²) in [5.41, 5.74) is 5.60. The summed E-state index contributed by atoms with van der Waals surface area (Å²) < 4.78 is 4.55. The molecule has 6 heteroatoms. The summed E-state index contributed by atoms with van der Waals surface area (Å²) in [4.78, 5) is 18.0. The van der Waals surface area contributed by atoms with Crippen LogP contribution in [-0.4, -0.2) is 29.1 Å². The number of aromatic nitrogens is 2. The average Bonchev–Trinajstić information content (AvgIpc) is 2.44. The molecule has 1 unspecified atom stereocenters. The molecule has 0 aromatic carbocycles. The van der Waals surface area contributed by atoms with Crippen molar-refractivity contribution >= 4 is 17.6 Å². The summed E-state index contributed by atoms with van der Waals surface area (Å²) in [5, 5.41) is 2.84. The van der Waals surface area contributed by atoms with Crippen LogP contribution in [0.1, 0.15) is 12.7 Å². The zero-order valence-electron chi connectivity index (χ0n) is 8.42. The van der Waals surface area contributed by atoms with E-state index in [1.165, 1.54) is 7.11 Å². The van der Waals surface area contributed by atoms with Gasteiger partial charge in [-0.3, -0.25) is 0 Å². The second kappa shape index (κ2) is 3.99. The van der Waals surface area contributed by atoms with E-state index in [1.54, 1.807) is 13.8 Å². The minimum atomic E-state index is -0.468. The standard InChI is InChI=1S/C8H14N4O2/c1-4(8(13)14-3)10-7-6(9)11-5(2)12-7/h4,10H,9H2,1-3H3,(H,11,12). The van der Waals surface area contributed by atoms with E-state index in [1.807, 2.05) is 0 Å². The predicted molar refractivity (Wildman–Crippen MR) is 52.8 cm³/mol. The lowest BCUT2D eigenvalue weighted by atomic mass is 10.3. The van der Waals surface area contributed by atoms with Gasteiger partial charge < -0.3 is 20.8 Å². The quantitative estimate of drug-likeness (QED) is 0.606. The molecule has 0 aliphatic heterocycles. The molecule has 0 fully saturated rings. The van der Waals surface area contributed by atoms with Crippen LogP contribution in [0.15, 0.2) is 0 Å². The van der Waals surface area contributed by atoms with Crippen LogP contribution in [0.3, 0.4) is 0 Å². The molecule has 0 radical (unpaired) electrons. The van der Waals surface area contributed by atoms with Gasteiger partial charge in [-0.15, -0.1) is 0 Å². The number of imidazole rings is 1. The monoisotopic (exact) mass is 198 g/mol. The Bertz CT molecular complexity index is 334. The molecule has 4 N–H and O–H groups in total. The van der Waals surface area contributed by atoms with E-state index in [9.17, 15) is 4.79 Å². The van der Waals surface area contributed by atoms with Gasteiger partial charge in [-0.1, -0.05) is 0 Å². The number of aryl methyl sites for hydroxylation is 1. The highest BCUT2D eigenvalue weighted by Gasteiger charge is 2.15. The van der Waals surface area contributed by atoms with Crippen molar-refractivity contribution in [2.75, 3.05) is 18.2 Å². The summed E-state index contributed by atoms with van der Waals surface area (Å²) in [6.45, 7) is 3.46. The maximum absolute atomic E-state index is 11.1. The van der Waals surface area contributed by atoms with Crippen LogP contribution in [0.25, 0.3) is 0 Å². The number of esters is 1. The Labute approximate surface area is 81.8 Å². The van der Waals surface area contributed by atoms with Gasteiger partial charge in [0.15, 0.2) is 5.82 Å². The van der Waals surface area contributed by atoms with Gasteiger partial charge in [0, 0.05) is 0 Å². The number of carbonyl (C=O) groups is 1. The minimum absolute atomic E-state index is 0.356. The Morgan fingerprint density at radius 1 is 1.71 bits per heavy atom. The third-order valence-corrected chi connectivity index (χ3v) is 1.76. The van der Waals surface area contributed by atoms with Gasteiger partial charge in [-0.05, 0) is 13.8 Å². The summed E-state index contributed by atoms with van der Waals surface area (Å²) in [6.07, 6.45) is 0. The average molecular weight is 198 g/mol. The molecule has 0 aliphatic rings. The zero-order valence-corrected chi connectivity index (χ0v) is 8.42. The number of hydrogen-bond donors (Lipinski definition) is 3. The zero-order chi connectivity index (χ0) is 10.7. The number of nitrogen functional groups attached to an aromatic ring is 1. The number of rotatable bonds is 3. The van der Waals surface area contributed by atoms with Gasteiger partial charge in [0.2, 0.25) is 0 Å². The van der Waals surface area contributed by atoms with E-state index in [4.69, 9.17) is 5.73 Å². The third-order valence-electron chi connectivity index (χ3n) is 1.76. The van der Waals surface area contributed by atoms with Crippen molar-refractivity contribution in [3.05, 3.63) is 5.82 Å². The molecule has 1 aromatic heterocycles. The molecule has 6 nitrogen and oxygen atoms in total. The normalized spacial score (nSPS) is 12.2. The van der Waals surface area contributed by atoms with E-state index >= 15 is 0 Å². The first kappa shape index (κ1) is 10.4. The van der Waals surface area contributed by atoms with E-state index in [0.29, 0.717) is 17.5 Å². The smallest absolute Gasteiger partial charge is 0.328 e. The van der Waals surface area contributed by atoms with Crippen LogP contribution in [0, 0.1) is 6.92 Å². The molecule has 1 aromatic rings. The van der Waals surface area contributed by atoms with Crippen molar-refractivity contribution in [2.45, 2.75) is 19.9 Å². The first-order chi connectivity index (χ1) is 6.54. The molecule has 1 heterocycles. The van der Waals surface area contributed by atoms with Crippen molar-refractivity contribution in [1.82, 2.24) is 9.97 Å². The number of hydrogen-bond acceptors (Lipinski definition) is 5. The topological polar surface area (TPSA) is 93.0 Å². The van der Waals surface area contributed by atoms with Crippen molar-refractivity contribution in [3.8, 4) is 0 Å². The first-order valence-electron chi connectivity index (χ1n) is 4.21. The molecule has 0 saturated heterocycles. The largest absolute Gasteiger partial charge is 0.467 e. The molecular formula is C8H14N4O2. The molecule has 0 aliphatic carbocycles. The highest BCUT2D eigenvalue weighted by molar-refractivity contribution is 5.79. The lowest BCUT2D eigenvalue weighted by Gasteiger charge is -2.10. The number of nitrogens with two attached hydrogens (primary N) is 1. The lowest BCUT2D eigenvalue weighted by molar-refractivity contribution is -0.141. The number of ether oxygens (including phenoxy) is 1. The minimum Gasteiger partial charge on any atom is -0.467 e. The Kier molecular flexibility index (Phi) is 2.95. The molecule has 78 valence electrons. The number of H-pyrrole nitrogens is 1. The van der Waals surface area contributed by atoms with E-state index in [2.05, 4.69) is 20.0 Å². The number of anilines is 2. The van der Waals surface area contributed by atoms with Gasteiger partial charge >= 0.3 is 5.97 Å². The van der Waals surface area contributed by atoms with Crippen molar-refractivity contribution in [3.63, 3.8) is 0 Å². The number of aromatic amines is 1. The second-order valence-electron chi connectivity index (χ2n) is 2.97. The Hall–Kier alpha value is -1.72. The fraction of sp³-hybridized carbons (Fsp3) is 0.500. The van der Waals surface area contributed by atoms with Crippen LogP contribution >= 0.6 is 0 Å². The number of nitrogens with one attached hydrogen (secondary N) is 2. The maximum atomic E-state index is 11.1. The predicted octanol–water partition coefficient (Wildman–Crippen LogP) is 0.274. The second-order valence-corrected chi connectivity index (χ2v) is 2.97. The number of carbonyl (C=O) groups excluding carboxylic acids is 1. The molecule has 14 heavy (non-hydrogen) atoms. The van der Waals surface area contributed by atoms with Crippen molar-refractivity contribution in [2.24, 2.45) is 0 Å². The first-order valence-corrected chi connectivity index (χ1v) is 4.21. The SMILES string of the molecule is COC(=O)C(C)Nc1nc(C)[nH]c1N. The van der Waals surface area contributed by atoms with E-state index < -0.39 is 6.04 Å². The Balaban J connectivity index is 2.69. The highest BCUT2D eigenvalue weighted by atomic mass is 16.5. The van der Waals surface area contributed by atoms with E-state index in [0.717, 1.165) is 0 Å². The van der Waals surface area contributed by atoms with Crippen LogP contribution in [-0.2, 0) is 9.53 Å². The maximum Gasteiger partial charge on any atom is 0.328 e. The third kappa shape index (κ3) is 2.15. The van der Waals surface area contributed by atoms with Crippen molar-refractivity contribution < 1.29 is 9.53 Å². The highest BCUT2D eigenvalue weighted by Crippen LogP contribution is 2.14. The summed E-state index contributed by atoms with van der Waals surface area (Å²) in [7, 11) is 1.33. The molecule has 0 spiro atoms. The Morgan fingerprint density at radius 3 is 2.79 bits per heavy atom. The van der Waals surface area contributed by atoms with E-state index in [-0.39, 0.29) is 5.97 Å². The fourth-order valence-corrected chi connectivity index (χ4v) is 1.06. The molecular weight excluding hydrogens is 184 g/mol. The number of methoxy groups -OCH3 is 1. The number of nitrogens with zero attached hydrogens (tertiary/aromatic N) is 1. The van der Waals surface area contributed by atoms with Gasteiger partial charge in [-0.2, -0.15) is 0 Å². The summed E-state index contributed by atoms with van der Waals surface area (Å²) in [6, 6.07) is -0.468. The molecule has 1 atom stereocenters.